The molecule has 6 nitrogen and oxygen atoms in total. The maximum Gasteiger partial charge on any atom is 0.417 e. The van der Waals surface area contributed by atoms with Crippen molar-refractivity contribution in [2.45, 2.75) is 56.9 Å². The number of pyridine rings is 1. The van der Waals surface area contributed by atoms with E-state index in [9.17, 15) is 18.0 Å². The van der Waals surface area contributed by atoms with Crippen LogP contribution in [0.1, 0.15) is 45.1 Å². The minimum Gasteiger partial charge on any atom is -0.365 e. The van der Waals surface area contributed by atoms with Crippen molar-refractivity contribution < 1.29 is 17.9 Å². The number of alkyl halides is 3. The fourth-order valence-corrected chi connectivity index (χ4v) is 4.70. The smallest absolute Gasteiger partial charge is 0.365 e. The number of anilines is 1. The summed E-state index contributed by atoms with van der Waals surface area (Å²) in [6, 6.07) is 1.95. The molecule has 30 heavy (non-hydrogen) atoms. The molecule has 3 heterocycles. The molecule has 0 aromatic carbocycles. The lowest BCUT2D eigenvalue weighted by Crippen LogP contribution is -2.59. The van der Waals surface area contributed by atoms with Crippen molar-refractivity contribution in [3.05, 3.63) is 45.5 Å². The fourth-order valence-electron chi connectivity index (χ4n) is 4.45. The summed E-state index contributed by atoms with van der Waals surface area (Å²) in [4.78, 5) is 18.6. The monoisotopic (exact) mass is 442 g/mol. The predicted molar refractivity (Wildman–Crippen MR) is 106 cm³/mol. The van der Waals surface area contributed by atoms with E-state index in [-0.39, 0.29) is 16.4 Å². The Kier molecular flexibility index (Phi) is 5.09. The van der Waals surface area contributed by atoms with Gasteiger partial charge >= 0.3 is 6.18 Å². The van der Waals surface area contributed by atoms with Gasteiger partial charge < -0.3 is 9.64 Å². The Bertz CT molecular complexity index is 999. The average molecular weight is 443 g/mol. The number of ether oxygens (including phenoxy) is 1. The molecule has 4 rings (SSSR count). The SMILES string of the molecule is CC1(C)CN(c2cnn(-c3ccc(C(F)(F)F)cn3)c(=O)c2Cl)CC2(CCCC2)O1. The van der Waals surface area contributed by atoms with Crippen LogP contribution >= 0.6 is 11.6 Å². The van der Waals surface area contributed by atoms with Crippen molar-refractivity contribution in [2.75, 3.05) is 18.0 Å². The summed E-state index contributed by atoms with van der Waals surface area (Å²) >= 11 is 6.41. The van der Waals surface area contributed by atoms with Crippen molar-refractivity contribution in [3.8, 4) is 5.82 Å². The predicted octanol–water partition coefficient (Wildman–Crippen LogP) is 4.23. The zero-order valence-electron chi connectivity index (χ0n) is 16.7. The van der Waals surface area contributed by atoms with E-state index in [1.54, 1.807) is 0 Å². The van der Waals surface area contributed by atoms with Gasteiger partial charge in [-0.05, 0) is 38.8 Å². The number of morpholine rings is 1. The van der Waals surface area contributed by atoms with Crippen LogP contribution in [0, 0.1) is 0 Å². The van der Waals surface area contributed by atoms with Crippen LogP contribution in [0.25, 0.3) is 5.82 Å². The second kappa shape index (κ2) is 7.23. The van der Waals surface area contributed by atoms with Gasteiger partial charge in [0.2, 0.25) is 0 Å². The van der Waals surface area contributed by atoms with E-state index in [0.717, 1.165) is 42.5 Å². The molecule has 2 fully saturated rings. The molecule has 2 aromatic heterocycles. The fraction of sp³-hybridized carbons (Fsp3) is 0.550. The van der Waals surface area contributed by atoms with Crippen molar-refractivity contribution in [1.29, 1.82) is 0 Å². The van der Waals surface area contributed by atoms with Crippen molar-refractivity contribution in [3.63, 3.8) is 0 Å². The van der Waals surface area contributed by atoms with Gasteiger partial charge in [-0.25, -0.2) is 4.98 Å². The summed E-state index contributed by atoms with van der Waals surface area (Å²) in [5, 5.41) is 4.09. The lowest BCUT2D eigenvalue weighted by Gasteiger charge is -2.49. The summed E-state index contributed by atoms with van der Waals surface area (Å²) in [7, 11) is 0. The summed E-state index contributed by atoms with van der Waals surface area (Å²) < 4.78 is 45.5. The van der Waals surface area contributed by atoms with E-state index in [1.165, 1.54) is 6.20 Å². The number of nitrogens with zero attached hydrogens (tertiary/aromatic N) is 4. The second-order valence-electron chi connectivity index (χ2n) is 8.57. The van der Waals surface area contributed by atoms with E-state index in [2.05, 4.69) is 10.1 Å². The lowest BCUT2D eigenvalue weighted by atomic mass is 9.94. The maximum absolute atomic E-state index is 12.8. The Labute approximate surface area is 176 Å². The van der Waals surface area contributed by atoms with E-state index >= 15 is 0 Å². The van der Waals surface area contributed by atoms with Crippen LogP contribution in [0.5, 0.6) is 0 Å². The zero-order chi connectivity index (χ0) is 21.7. The molecule has 2 aliphatic rings. The number of aromatic nitrogens is 3. The van der Waals surface area contributed by atoms with E-state index in [1.807, 2.05) is 18.7 Å². The number of halogens is 4. The van der Waals surface area contributed by atoms with E-state index < -0.39 is 22.9 Å². The van der Waals surface area contributed by atoms with Gasteiger partial charge in [-0.2, -0.15) is 23.0 Å². The highest BCUT2D eigenvalue weighted by Crippen LogP contribution is 2.42. The largest absolute Gasteiger partial charge is 0.417 e. The minimum atomic E-state index is -4.51. The quantitative estimate of drug-likeness (QED) is 0.696. The van der Waals surface area contributed by atoms with Crippen LogP contribution in [-0.4, -0.2) is 39.1 Å². The molecule has 162 valence electrons. The van der Waals surface area contributed by atoms with Gasteiger partial charge in [-0.3, -0.25) is 4.79 Å². The Morgan fingerprint density at radius 1 is 1.13 bits per heavy atom. The van der Waals surface area contributed by atoms with Crippen molar-refractivity contribution in [1.82, 2.24) is 14.8 Å². The minimum absolute atomic E-state index is 0.0315. The summed E-state index contributed by atoms with van der Waals surface area (Å²) in [6.07, 6.45) is 1.71. The van der Waals surface area contributed by atoms with Crippen LogP contribution in [0.2, 0.25) is 5.02 Å². The molecule has 1 aliphatic heterocycles. The first kappa shape index (κ1) is 21.1. The van der Waals surface area contributed by atoms with Gasteiger partial charge in [-0.1, -0.05) is 24.4 Å². The number of rotatable bonds is 2. The highest BCUT2D eigenvalue weighted by Gasteiger charge is 2.46. The molecular weight excluding hydrogens is 421 g/mol. The van der Waals surface area contributed by atoms with Crippen molar-refractivity contribution in [2.24, 2.45) is 0 Å². The zero-order valence-corrected chi connectivity index (χ0v) is 17.4. The summed E-state index contributed by atoms with van der Waals surface area (Å²) in [5.41, 5.74) is -1.73. The highest BCUT2D eigenvalue weighted by atomic mass is 35.5. The normalized spacial score (nSPS) is 20.7. The molecule has 0 unspecified atom stereocenters. The number of hydrogen-bond acceptors (Lipinski definition) is 5. The molecule has 1 spiro atoms. The average Bonchev–Trinajstić information content (AvgIpc) is 3.08. The van der Waals surface area contributed by atoms with Gasteiger partial charge in [0.1, 0.15) is 5.02 Å². The van der Waals surface area contributed by atoms with E-state index in [4.69, 9.17) is 16.3 Å². The highest BCUT2D eigenvalue weighted by molar-refractivity contribution is 6.33. The molecule has 1 saturated heterocycles. The van der Waals surface area contributed by atoms with Crippen LogP contribution in [-0.2, 0) is 10.9 Å². The summed E-state index contributed by atoms with van der Waals surface area (Å²) in [6.45, 7) is 5.17. The van der Waals surface area contributed by atoms with Gasteiger partial charge in [0.05, 0.1) is 28.6 Å². The molecule has 1 aliphatic carbocycles. The third-order valence-corrected chi connectivity index (χ3v) is 5.95. The molecule has 10 heteroatoms. The van der Waals surface area contributed by atoms with Gasteiger partial charge in [-0.15, -0.1) is 0 Å². The molecular formula is C20H22ClF3N4O2. The molecule has 0 bridgehead atoms. The number of hydrogen-bond donors (Lipinski definition) is 0. The molecule has 0 atom stereocenters. The Balaban J connectivity index is 1.67. The Morgan fingerprint density at radius 2 is 1.83 bits per heavy atom. The summed E-state index contributed by atoms with van der Waals surface area (Å²) in [5.74, 6) is -0.0315. The maximum atomic E-state index is 12.8. The third-order valence-electron chi connectivity index (χ3n) is 5.59. The van der Waals surface area contributed by atoms with Crippen LogP contribution in [0.15, 0.2) is 29.3 Å². The van der Waals surface area contributed by atoms with E-state index in [0.29, 0.717) is 25.0 Å². The Hall–Kier alpha value is -2.13. The van der Waals surface area contributed by atoms with Crippen LogP contribution in [0.3, 0.4) is 0 Å². The lowest BCUT2D eigenvalue weighted by molar-refractivity contribution is -0.148. The standard InChI is InChI=1S/C20H22ClF3N4O2/c1-18(2)11-27(12-19(30-18)7-3-4-8-19)14-10-26-28(17(29)16(14)21)15-6-5-13(9-25-15)20(22,23)24/h5-6,9-10H,3-4,7-8,11-12H2,1-2H3. The Morgan fingerprint density at radius 3 is 2.43 bits per heavy atom. The molecule has 1 saturated carbocycles. The first-order valence-electron chi connectivity index (χ1n) is 9.76. The van der Waals surface area contributed by atoms with Crippen molar-refractivity contribution >= 4 is 17.3 Å². The van der Waals surface area contributed by atoms with Crippen LogP contribution in [0.4, 0.5) is 18.9 Å². The third kappa shape index (κ3) is 3.92. The topological polar surface area (TPSA) is 60.2 Å². The second-order valence-corrected chi connectivity index (χ2v) is 8.95. The van der Waals surface area contributed by atoms with Gasteiger partial charge in [0, 0.05) is 19.3 Å². The van der Waals surface area contributed by atoms with Gasteiger partial charge in [0.25, 0.3) is 5.56 Å². The molecule has 2 aromatic rings. The molecule has 0 radical (unpaired) electrons. The first-order valence-corrected chi connectivity index (χ1v) is 10.1. The van der Waals surface area contributed by atoms with Crippen LogP contribution < -0.4 is 10.5 Å². The first-order chi connectivity index (χ1) is 14.0. The van der Waals surface area contributed by atoms with Gasteiger partial charge in [0.15, 0.2) is 5.82 Å². The molecule has 0 N–H and O–H groups in total. The molecule has 0 amide bonds.